The molecule has 3 aromatic rings. The summed E-state index contributed by atoms with van der Waals surface area (Å²) in [4.78, 5) is 11.5. The molecule has 0 radical (unpaired) electrons. The molecule has 0 fully saturated rings. The van der Waals surface area contributed by atoms with Crippen LogP contribution in [-0.4, -0.2) is 16.1 Å². The number of anilines is 1. The van der Waals surface area contributed by atoms with E-state index in [-0.39, 0.29) is 0 Å². The molecule has 0 spiro atoms. The van der Waals surface area contributed by atoms with Gasteiger partial charge in [0.15, 0.2) is 0 Å². The van der Waals surface area contributed by atoms with Crippen LogP contribution in [0.3, 0.4) is 0 Å². The number of para-hydroxylation sites is 1. The van der Waals surface area contributed by atoms with E-state index >= 15 is 0 Å². The van der Waals surface area contributed by atoms with Gasteiger partial charge in [0.2, 0.25) is 0 Å². The van der Waals surface area contributed by atoms with Crippen LogP contribution < -0.4 is 5.32 Å². The zero-order valence-electron chi connectivity index (χ0n) is 11.7. The van der Waals surface area contributed by atoms with E-state index in [2.05, 4.69) is 5.32 Å². The number of alkyl halides is 2. The van der Waals surface area contributed by atoms with Gasteiger partial charge in [0.05, 0.1) is 11.2 Å². The van der Waals surface area contributed by atoms with Crippen LogP contribution in [0.4, 0.5) is 10.1 Å². The summed E-state index contributed by atoms with van der Waals surface area (Å²) in [6.45, 7) is 0.664. The summed E-state index contributed by atoms with van der Waals surface area (Å²) >= 11 is 5.18. The van der Waals surface area contributed by atoms with Crippen LogP contribution >= 0.6 is 11.6 Å². The molecular weight excluding hydrogens is 303 g/mol. The number of rotatable bonds is 4. The van der Waals surface area contributed by atoms with Gasteiger partial charge in [-0.2, -0.15) is 0 Å². The number of carbonyl (C=O) groups excluding carboxylic acids is 1. The summed E-state index contributed by atoms with van der Waals surface area (Å²) in [5, 5.41) is 3.37. The number of amides is 1. The lowest BCUT2D eigenvalue weighted by molar-refractivity contribution is -0.118. The Morgan fingerprint density at radius 2 is 1.82 bits per heavy atom. The molecule has 0 saturated carbocycles. The Morgan fingerprint density at radius 3 is 2.55 bits per heavy atom. The SMILES string of the molecule is O=C(Nc1cn(Cc2ccccc2)c2ccccc12)C(F)Cl. The first kappa shape index (κ1) is 14.6. The number of nitrogens with zero attached hydrogens (tertiary/aromatic N) is 1. The molecule has 3 rings (SSSR count). The van der Waals surface area contributed by atoms with Gasteiger partial charge in [-0.05, 0) is 11.6 Å². The number of carbonyl (C=O) groups is 1. The van der Waals surface area contributed by atoms with Crippen molar-refractivity contribution in [3.05, 3.63) is 66.4 Å². The molecule has 112 valence electrons. The van der Waals surface area contributed by atoms with E-state index in [0.29, 0.717) is 12.2 Å². The maximum atomic E-state index is 12.9. The van der Waals surface area contributed by atoms with Crippen LogP contribution in [0.25, 0.3) is 10.9 Å². The molecule has 2 aromatic carbocycles. The van der Waals surface area contributed by atoms with E-state index in [4.69, 9.17) is 11.6 Å². The molecule has 1 N–H and O–H groups in total. The third-order valence-electron chi connectivity index (χ3n) is 3.44. The Labute approximate surface area is 132 Å². The minimum Gasteiger partial charge on any atom is -0.341 e. The summed E-state index contributed by atoms with van der Waals surface area (Å²) < 4.78 is 14.9. The lowest BCUT2D eigenvalue weighted by atomic mass is 10.2. The molecule has 0 aliphatic heterocycles. The molecule has 0 bridgehead atoms. The predicted molar refractivity (Wildman–Crippen MR) is 86.9 cm³/mol. The first-order valence-electron chi connectivity index (χ1n) is 6.86. The topological polar surface area (TPSA) is 34.0 Å². The van der Waals surface area contributed by atoms with Crippen LogP contribution in [0.5, 0.6) is 0 Å². The standard InChI is InChI=1S/C17H14ClFN2O/c18-16(19)17(22)20-14-11-21(10-12-6-2-1-3-7-12)15-9-5-4-8-13(14)15/h1-9,11,16H,10H2,(H,20,22). The number of aromatic nitrogens is 1. The van der Waals surface area contributed by atoms with Gasteiger partial charge in [0.1, 0.15) is 0 Å². The van der Waals surface area contributed by atoms with E-state index in [1.807, 2.05) is 59.2 Å². The summed E-state index contributed by atoms with van der Waals surface area (Å²) in [6, 6.07) is 17.6. The minimum atomic E-state index is -2.06. The molecule has 0 aliphatic rings. The fourth-order valence-corrected chi connectivity index (χ4v) is 2.50. The van der Waals surface area contributed by atoms with Gasteiger partial charge in [0, 0.05) is 18.1 Å². The summed E-state index contributed by atoms with van der Waals surface area (Å²) in [6.07, 6.45) is 1.80. The Morgan fingerprint density at radius 1 is 1.14 bits per heavy atom. The van der Waals surface area contributed by atoms with Gasteiger partial charge in [-0.25, -0.2) is 4.39 Å². The second-order valence-electron chi connectivity index (χ2n) is 4.96. The third-order valence-corrected chi connectivity index (χ3v) is 3.64. The van der Waals surface area contributed by atoms with Crippen molar-refractivity contribution in [3.8, 4) is 0 Å². The average molecular weight is 317 g/mol. The molecule has 5 heteroatoms. The van der Waals surface area contributed by atoms with E-state index in [9.17, 15) is 9.18 Å². The smallest absolute Gasteiger partial charge is 0.274 e. The highest BCUT2D eigenvalue weighted by molar-refractivity contribution is 6.31. The lowest BCUT2D eigenvalue weighted by Crippen LogP contribution is -2.19. The van der Waals surface area contributed by atoms with Gasteiger partial charge >= 0.3 is 0 Å². The summed E-state index contributed by atoms with van der Waals surface area (Å²) in [5.41, 5.74) is 0.601. The van der Waals surface area contributed by atoms with E-state index in [1.165, 1.54) is 0 Å². The molecule has 0 saturated heterocycles. The van der Waals surface area contributed by atoms with E-state index in [1.54, 1.807) is 6.20 Å². The Hall–Kier alpha value is -2.33. The van der Waals surface area contributed by atoms with Crippen LogP contribution in [0.15, 0.2) is 60.8 Å². The first-order valence-corrected chi connectivity index (χ1v) is 7.29. The van der Waals surface area contributed by atoms with Crippen LogP contribution in [0.1, 0.15) is 5.56 Å². The highest BCUT2D eigenvalue weighted by atomic mass is 35.5. The van der Waals surface area contributed by atoms with Crippen molar-refractivity contribution in [2.75, 3.05) is 5.32 Å². The second kappa shape index (κ2) is 6.20. The lowest BCUT2D eigenvalue weighted by Gasteiger charge is -2.05. The zero-order chi connectivity index (χ0) is 15.5. The summed E-state index contributed by atoms with van der Waals surface area (Å²) in [7, 11) is 0. The van der Waals surface area contributed by atoms with Crippen LogP contribution in [-0.2, 0) is 11.3 Å². The predicted octanol–water partition coefficient (Wildman–Crippen LogP) is 4.16. The number of fused-ring (bicyclic) bond motifs is 1. The van der Waals surface area contributed by atoms with Crippen LogP contribution in [0.2, 0.25) is 0 Å². The normalized spacial score (nSPS) is 12.3. The van der Waals surface area contributed by atoms with Gasteiger partial charge in [-0.3, -0.25) is 4.79 Å². The van der Waals surface area contributed by atoms with Crippen molar-refractivity contribution >= 4 is 34.1 Å². The van der Waals surface area contributed by atoms with Crippen molar-refractivity contribution in [1.82, 2.24) is 4.57 Å². The fraction of sp³-hybridized carbons (Fsp3) is 0.118. The Bertz CT molecular complexity index is 799. The maximum Gasteiger partial charge on any atom is 0.274 e. The highest BCUT2D eigenvalue weighted by Gasteiger charge is 2.16. The van der Waals surface area contributed by atoms with Gasteiger partial charge < -0.3 is 9.88 Å². The van der Waals surface area contributed by atoms with E-state index in [0.717, 1.165) is 16.5 Å². The van der Waals surface area contributed by atoms with E-state index < -0.39 is 11.5 Å². The number of hydrogen-bond donors (Lipinski definition) is 1. The second-order valence-corrected chi connectivity index (χ2v) is 5.35. The average Bonchev–Trinajstić information content (AvgIpc) is 2.86. The minimum absolute atomic E-state index is 0.555. The highest BCUT2D eigenvalue weighted by Crippen LogP contribution is 2.27. The molecule has 22 heavy (non-hydrogen) atoms. The van der Waals surface area contributed by atoms with Crippen molar-refractivity contribution in [3.63, 3.8) is 0 Å². The fourth-order valence-electron chi connectivity index (χ4n) is 2.44. The van der Waals surface area contributed by atoms with Crippen molar-refractivity contribution in [1.29, 1.82) is 0 Å². The number of benzene rings is 2. The zero-order valence-corrected chi connectivity index (χ0v) is 12.4. The van der Waals surface area contributed by atoms with Gasteiger partial charge in [-0.1, -0.05) is 60.1 Å². The van der Waals surface area contributed by atoms with Crippen molar-refractivity contribution in [2.24, 2.45) is 0 Å². The summed E-state index contributed by atoms with van der Waals surface area (Å²) in [5.74, 6) is -0.857. The van der Waals surface area contributed by atoms with Crippen molar-refractivity contribution in [2.45, 2.75) is 12.2 Å². The number of halogens is 2. The molecule has 1 atom stereocenters. The Balaban J connectivity index is 1.99. The molecule has 1 aromatic heterocycles. The molecule has 1 heterocycles. The van der Waals surface area contributed by atoms with Gasteiger partial charge in [-0.15, -0.1) is 0 Å². The maximum absolute atomic E-state index is 12.9. The van der Waals surface area contributed by atoms with Gasteiger partial charge in [0.25, 0.3) is 11.5 Å². The third kappa shape index (κ3) is 2.97. The van der Waals surface area contributed by atoms with Crippen LogP contribution in [0, 0.1) is 0 Å². The molecule has 0 aliphatic carbocycles. The monoisotopic (exact) mass is 316 g/mol. The molecule has 1 amide bonds. The molecule has 3 nitrogen and oxygen atoms in total. The Kier molecular flexibility index (Phi) is 4.11. The van der Waals surface area contributed by atoms with Crippen molar-refractivity contribution < 1.29 is 9.18 Å². The quantitative estimate of drug-likeness (QED) is 0.720. The number of nitrogens with one attached hydrogen (secondary N) is 1. The number of hydrogen-bond acceptors (Lipinski definition) is 1. The largest absolute Gasteiger partial charge is 0.341 e. The first-order chi connectivity index (χ1) is 10.6. The molecular formula is C17H14ClFN2O. The molecule has 1 unspecified atom stereocenters.